The quantitative estimate of drug-likeness (QED) is 0.488. The summed E-state index contributed by atoms with van der Waals surface area (Å²) in [6.07, 6.45) is 3.83. The number of fused-ring (bicyclic) bond motifs is 1. The molecular weight excluding hydrogens is 276 g/mol. The highest BCUT2D eigenvalue weighted by atomic mass is 16.7. The molecule has 3 nitrogen and oxygen atoms in total. The van der Waals surface area contributed by atoms with Gasteiger partial charge in [-0.25, -0.2) is 4.79 Å². The highest BCUT2D eigenvalue weighted by Crippen LogP contribution is 2.84. The Labute approximate surface area is 134 Å². The van der Waals surface area contributed by atoms with Crippen LogP contribution in [0.3, 0.4) is 0 Å². The van der Waals surface area contributed by atoms with Gasteiger partial charge in [-0.05, 0) is 48.9 Å². The van der Waals surface area contributed by atoms with Gasteiger partial charge in [0.15, 0.2) is 0 Å². The Morgan fingerprint density at radius 2 is 1.86 bits per heavy atom. The number of carbonyl (C=O) groups is 1. The second-order valence-electron chi connectivity index (χ2n) is 8.37. The Balaban J connectivity index is 1.94. The van der Waals surface area contributed by atoms with Crippen LogP contribution in [0.2, 0.25) is 0 Å². The van der Waals surface area contributed by atoms with Crippen molar-refractivity contribution in [2.45, 2.75) is 66.1 Å². The first-order chi connectivity index (χ1) is 10.2. The minimum Gasteiger partial charge on any atom is -0.429 e. The summed E-state index contributed by atoms with van der Waals surface area (Å²) in [5.41, 5.74) is 0.277. The predicted molar refractivity (Wildman–Crippen MR) is 85.8 cm³/mol. The molecule has 22 heavy (non-hydrogen) atoms. The molecule has 3 aliphatic carbocycles. The van der Waals surface area contributed by atoms with Crippen LogP contribution < -0.4 is 0 Å². The molecule has 2 spiro atoms. The van der Waals surface area contributed by atoms with Crippen LogP contribution in [0, 0.1) is 34.5 Å². The van der Waals surface area contributed by atoms with Crippen LogP contribution in [0.1, 0.15) is 60.3 Å². The van der Waals surface area contributed by atoms with Crippen molar-refractivity contribution in [2.75, 3.05) is 0 Å². The van der Waals surface area contributed by atoms with Crippen molar-refractivity contribution in [1.29, 1.82) is 0 Å². The van der Waals surface area contributed by atoms with E-state index in [0.29, 0.717) is 35.7 Å². The SMILES string of the molecule is C=C(C)C(=O)OC1(O)CC(C)C12CC(C)C21CC(C)C1CC. The van der Waals surface area contributed by atoms with Crippen molar-refractivity contribution in [3.05, 3.63) is 12.2 Å². The maximum atomic E-state index is 12.0. The molecule has 0 amide bonds. The van der Waals surface area contributed by atoms with Crippen molar-refractivity contribution in [2.24, 2.45) is 34.5 Å². The zero-order valence-electron chi connectivity index (χ0n) is 14.6. The van der Waals surface area contributed by atoms with E-state index in [1.54, 1.807) is 6.92 Å². The van der Waals surface area contributed by atoms with Crippen LogP contribution in [-0.4, -0.2) is 16.9 Å². The lowest BCUT2D eigenvalue weighted by Gasteiger charge is -2.82. The molecule has 3 fully saturated rings. The molecule has 3 rings (SSSR count). The van der Waals surface area contributed by atoms with Crippen molar-refractivity contribution in [3.63, 3.8) is 0 Å². The molecule has 124 valence electrons. The smallest absolute Gasteiger partial charge is 0.335 e. The van der Waals surface area contributed by atoms with Crippen molar-refractivity contribution < 1.29 is 14.6 Å². The second-order valence-corrected chi connectivity index (χ2v) is 8.37. The van der Waals surface area contributed by atoms with Gasteiger partial charge in [-0.15, -0.1) is 0 Å². The van der Waals surface area contributed by atoms with Crippen molar-refractivity contribution >= 4 is 5.97 Å². The van der Waals surface area contributed by atoms with Gasteiger partial charge in [0.1, 0.15) is 0 Å². The van der Waals surface area contributed by atoms with Gasteiger partial charge in [0.05, 0.1) is 0 Å². The molecule has 3 saturated carbocycles. The van der Waals surface area contributed by atoms with E-state index in [1.165, 1.54) is 0 Å². The van der Waals surface area contributed by atoms with Gasteiger partial charge in [0.25, 0.3) is 0 Å². The lowest BCUT2D eigenvalue weighted by molar-refractivity contribution is -0.448. The molecule has 1 N–H and O–H groups in total. The minimum atomic E-state index is -1.29. The molecule has 3 heteroatoms. The number of rotatable bonds is 3. The van der Waals surface area contributed by atoms with Crippen molar-refractivity contribution in [3.8, 4) is 0 Å². The summed E-state index contributed by atoms with van der Waals surface area (Å²) in [7, 11) is 0. The minimum absolute atomic E-state index is 0.156. The van der Waals surface area contributed by atoms with Crippen LogP contribution in [0.5, 0.6) is 0 Å². The number of ether oxygens (including phenoxy) is 1. The largest absolute Gasteiger partial charge is 0.429 e. The third-order valence-electron chi connectivity index (χ3n) is 7.52. The van der Waals surface area contributed by atoms with Gasteiger partial charge >= 0.3 is 5.97 Å². The van der Waals surface area contributed by atoms with Crippen LogP contribution >= 0.6 is 0 Å². The lowest BCUT2D eigenvalue weighted by atomic mass is 9.23. The summed E-state index contributed by atoms with van der Waals surface area (Å²) in [6.45, 7) is 14.4. The Morgan fingerprint density at radius 3 is 2.27 bits per heavy atom. The average Bonchev–Trinajstić information content (AvgIpc) is 2.41. The number of hydrogen-bond donors (Lipinski definition) is 1. The standard InChI is InChI=1S/C19H30O3/c1-7-15-12(4)8-17(15)13(5)9-18(17)14(6)10-19(18,21)22-16(20)11(2)3/h12-15,21H,2,7-10H2,1,3-6H3. The van der Waals surface area contributed by atoms with Gasteiger partial charge in [0.2, 0.25) is 5.79 Å². The fraction of sp³-hybridized carbons (Fsp3) is 0.842. The fourth-order valence-corrected chi connectivity index (χ4v) is 6.77. The van der Waals surface area contributed by atoms with Gasteiger partial charge in [-0.2, -0.15) is 0 Å². The Morgan fingerprint density at radius 1 is 1.23 bits per heavy atom. The summed E-state index contributed by atoms with van der Waals surface area (Å²) in [5, 5.41) is 11.2. The van der Waals surface area contributed by atoms with E-state index in [2.05, 4.69) is 34.3 Å². The summed E-state index contributed by atoms with van der Waals surface area (Å²) in [5.74, 6) is 0.610. The van der Waals surface area contributed by atoms with Crippen LogP contribution in [0.4, 0.5) is 0 Å². The first-order valence-electron chi connectivity index (χ1n) is 8.77. The van der Waals surface area contributed by atoms with Gasteiger partial charge in [-0.3, -0.25) is 0 Å². The molecule has 7 unspecified atom stereocenters. The van der Waals surface area contributed by atoms with Gasteiger partial charge in [-0.1, -0.05) is 40.7 Å². The molecule has 0 heterocycles. The van der Waals surface area contributed by atoms with Gasteiger partial charge < -0.3 is 9.84 Å². The lowest BCUT2D eigenvalue weighted by Crippen LogP contribution is -2.83. The normalized spacial score (nSPS) is 52.6. The zero-order chi connectivity index (χ0) is 16.5. The topological polar surface area (TPSA) is 46.5 Å². The molecule has 0 saturated heterocycles. The second kappa shape index (κ2) is 4.59. The number of aliphatic hydroxyl groups is 1. The van der Waals surface area contributed by atoms with E-state index in [9.17, 15) is 9.90 Å². The van der Waals surface area contributed by atoms with E-state index in [4.69, 9.17) is 4.74 Å². The summed E-state index contributed by atoms with van der Waals surface area (Å²) >= 11 is 0. The van der Waals surface area contributed by atoms with E-state index in [0.717, 1.165) is 19.3 Å². The van der Waals surface area contributed by atoms with Crippen LogP contribution in [0.15, 0.2) is 12.2 Å². The third-order valence-corrected chi connectivity index (χ3v) is 7.52. The number of hydrogen-bond acceptors (Lipinski definition) is 3. The maximum absolute atomic E-state index is 12.0. The van der Waals surface area contributed by atoms with E-state index in [1.807, 2.05) is 0 Å². The molecular formula is C19H30O3. The molecule has 0 aliphatic heterocycles. The van der Waals surface area contributed by atoms with E-state index < -0.39 is 11.8 Å². The molecule has 0 radical (unpaired) electrons. The highest BCUT2D eigenvalue weighted by Gasteiger charge is 2.84. The first kappa shape index (κ1) is 16.0. The molecule has 0 bridgehead atoms. The monoisotopic (exact) mass is 306 g/mol. The third kappa shape index (κ3) is 1.49. The summed E-state index contributed by atoms with van der Waals surface area (Å²) in [4.78, 5) is 12.0. The zero-order valence-corrected chi connectivity index (χ0v) is 14.6. The molecule has 3 aliphatic rings. The Bertz CT molecular complexity index is 527. The number of esters is 1. The van der Waals surface area contributed by atoms with Crippen LogP contribution in [0.25, 0.3) is 0 Å². The van der Waals surface area contributed by atoms with Crippen LogP contribution in [-0.2, 0) is 9.53 Å². The summed E-state index contributed by atoms with van der Waals surface area (Å²) < 4.78 is 5.59. The molecule has 7 atom stereocenters. The Hall–Kier alpha value is -0.830. The molecule has 0 aromatic carbocycles. The maximum Gasteiger partial charge on any atom is 0.335 e. The predicted octanol–water partition coefficient (Wildman–Crippen LogP) is 3.91. The Kier molecular flexibility index (Phi) is 3.35. The summed E-state index contributed by atoms with van der Waals surface area (Å²) in [6, 6.07) is 0. The van der Waals surface area contributed by atoms with Gasteiger partial charge in [0, 0.05) is 17.4 Å². The molecule has 0 aromatic heterocycles. The van der Waals surface area contributed by atoms with E-state index >= 15 is 0 Å². The number of carbonyl (C=O) groups excluding carboxylic acids is 1. The fourth-order valence-electron chi connectivity index (χ4n) is 6.77. The highest BCUT2D eigenvalue weighted by molar-refractivity contribution is 5.87. The molecule has 0 aromatic rings. The van der Waals surface area contributed by atoms with E-state index in [-0.39, 0.29) is 10.8 Å². The first-order valence-corrected chi connectivity index (χ1v) is 8.77. The average molecular weight is 306 g/mol. The van der Waals surface area contributed by atoms with Crippen molar-refractivity contribution in [1.82, 2.24) is 0 Å².